The lowest BCUT2D eigenvalue weighted by molar-refractivity contribution is -0.132. The number of nitrogens with two attached hydrogens (primary N) is 1. The fourth-order valence-electron chi connectivity index (χ4n) is 1.99. The molecular formula is C16H24N2OS. The Morgan fingerprint density at radius 3 is 2.40 bits per heavy atom. The van der Waals surface area contributed by atoms with Crippen LogP contribution in [0.25, 0.3) is 0 Å². The molecule has 0 heterocycles. The van der Waals surface area contributed by atoms with Crippen LogP contribution >= 0.6 is 12.2 Å². The molecule has 1 rings (SSSR count). The van der Waals surface area contributed by atoms with Gasteiger partial charge in [0.2, 0.25) is 5.91 Å². The minimum absolute atomic E-state index is 0.0157. The average Bonchev–Trinajstić information content (AvgIpc) is 2.42. The third-order valence-electron chi connectivity index (χ3n) is 3.34. The fraction of sp³-hybridized carbons (Fsp3) is 0.500. The normalized spacial score (nSPS) is 12.2. The van der Waals surface area contributed by atoms with E-state index in [0.717, 1.165) is 18.5 Å². The summed E-state index contributed by atoms with van der Waals surface area (Å²) in [5.41, 5.74) is 6.84. The van der Waals surface area contributed by atoms with E-state index < -0.39 is 5.92 Å². The molecule has 0 aromatic heterocycles. The fourth-order valence-corrected chi connectivity index (χ4v) is 2.17. The van der Waals surface area contributed by atoms with Gasteiger partial charge in [0.05, 0.1) is 10.9 Å². The smallest absolute Gasteiger partial charge is 0.232 e. The van der Waals surface area contributed by atoms with Crippen molar-refractivity contribution in [3.05, 3.63) is 35.9 Å². The van der Waals surface area contributed by atoms with Crippen LogP contribution in [0.3, 0.4) is 0 Å². The van der Waals surface area contributed by atoms with Crippen LogP contribution in [-0.2, 0) is 11.2 Å². The van der Waals surface area contributed by atoms with Gasteiger partial charge in [-0.3, -0.25) is 4.79 Å². The van der Waals surface area contributed by atoms with Gasteiger partial charge in [-0.05, 0) is 24.3 Å². The van der Waals surface area contributed by atoms with Crippen molar-refractivity contribution in [3.63, 3.8) is 0 Å². The Morgan fingerprint density at radius 2 is 1.90 bits per heavy atom. The molecule has 1 amide bonds. The molecule has 0 bridgehead atoms. The van der Waals surface area contributed by atoms with Crippen molar-refractivity contribution in [1.29, 1.82) is 0 Å². The highest BCUT2D eigenvalue weighted by molar-refractivity contribution is 7.80. The third kappa shape index (κ3) is 5.29. The topological polar surface area (TPSA) is 46.3 Å². The molecule has 0 saturated heterocycles. The molecule has 0 spiro atoms. The average molecular weight is 292 g/mol. The van der Waals surface area contributed by atoms with Gasteiger partial charge in [-0.1, -0.05) is 56.4 Å². The van der Waals surface area contributed by atoms with Gasteiger partial charge in [-0.15, -0.1) is 0 Å². The monoisotopic (exact) mass is 292 g/mol. The lowest BCUT2D eigenvalue weighted by Crippen LogP contribution is -2.40. The molecule has 0 fully saturated rings. The Kier molecular flexibility index (Phi) is 6.65. The van der Waals surface area contributed by atoms with E-state index in [9.17, 15) is 4.79 Å². The quantitative estimate of drug-likeness (QED) is 0.786. The van der Waals surface area contributed by atoms with Crippen molar-refractivity contribution in [3.8, 4) is 0 Å². The van der Waals surface area contributed by atoms with Gasteiger partial charge in [-0.2, -0.15) is 0 Å². The Hall–Kier alpha value is -1.42. The maximum absolute atomic E-state index is 12.5. The van der Waals surface area contributed by atoms with Crippen LogP contribution in [0, 0.1) is 11.8 Å². The van der Waals surface area contributed by atoms with Crippen LogP contribution in [0.15, 0.2) is 30.3 Å². The number of thiocarbonyl (C=S) groups is 1. The number of amides is 1. The number of nitrogens with zero attached hydrogens (tertiary/aromatic N) is 1. The molecular weight excluding hydrogens is 268 g/mol. The molecule has 0 aliphatic carbocycles. The van der Waals surface area contributed by atoms with Crippen molar-refractivity contribution in [2.24, 2.45) is 17.6 Å². The summed E-state index contributed by atoms with van der Waals surface area (Å²) in [7, 11) is 1.82. The first-order chi connectivity index (χ1) is 9.41. The summed E-state index contributed by atoms with van der Waals surface area (Å²) < 4.78 is 0. The lowest BCUT2D eigenvalue weighted by atomic mass is 9.97. The maximum atomic E-state index is 12.5. The van der Waals surface area contributed by atoms with E-state index in [1.807, 2.05) is 37.4 Å². The number of hydrogen-bond acceptors (Lipinski definition) is 2. The number of carbonyl (C=O) groups excluding carboxylic acids is 1. The van der Waals surface area contributed by atoms with E-state index in [-0.39, 0.29) is 10.9 Å². The van der Waals surface area contributed by atoms with Gasteiger partial charge < -0.3 is 10.6 Å². The first-order valence-corrected chi connectivity index (χ1v) is 7.41. The summed E-state index contributed by atoms with van der Waals surface area (Å²) in [5, 5.41) is 0. The van der Waals surface area contributed by atoms with E-state index in [1.54, 1.807) is 4.90 Å². The molecule has 0 aliphatic heterocycles. The first kappa shape index (κ1) is 16.6. The third-order valence-corrected chi connectivity index (χ3v) is 3.63. The SMILES string of the molecule is CC(C)CCN(C)C(=O)C(Cc1ccccc1)C(N)=S. The van der Waals surface area contributed by atoms with E-state index in [4.69, 9.17) is 18.0 Å². The van der Waals surface area contributed by atoms with Crippen LogP contribution in [0.1, 0.15) is 25.8 Å². The summed E-state index contributed by atoms with van der Waals surface area (Å²) in [6, 6.07) is 9.85. The summed E-state index contributed by atoms with van der Waals surface area (Å²) >= 11 is 5.08. The second-order valence-corrected chi connectivity index (χ2v) is 6.06. The predicted octanol–water partition coefficient (Wildman–Crippen LogP) is 2.64. The van der Waals surface area contributed by atoms with E-state index >= 15 is 0 Å². The lowest BCUT2D eigenvalue weighted by Gasteiger charge is -2.24. The largest absolute Gasteiger partial charge is 0.393 e. The van der Waals surface area contributed by atoms with Gasteiger partial charge in [0.25, 0.3) is 0 Å². The van der Waals surface area contributed by atoms with E-state index in [1.165, 1.54) is 0 Å². The Balaban J connectivity index is 2.70. The predicted molar refractivity (Wildman–Crippen MR) is 87.5 cm³/mol. The van der Waals surface area contributed by atoms with Gasteiger partial charge >= 0.3 is 0 Å². The molecule has 1 aromatic rings. The molecule has 1 atom stereocenters. The van der Waals surface area contributed by atoms with Crippen LogP contribution in [0.5, 0.6) is 0 Å². The van der Waals surface area contributed by atoms with E-state index in [2.05, 4.69) is 13.8 Å². The highest BCUT2D eigenvalue weighted by atomic mass is 32.1. The van der Waals surface area contributed by atoms with Crippen LogP contribution in [-0.4, -0.2) is 29.4 Å². The molecule has 3 nitrogen and oxygen atoms in total. The van der Waals surface area contributed by atoms with Gasteiger partial charge in [-0.25, -0.2) is 0 Å². The number of hydrogen-bond donors (Lipinski definition) is 1. The zero-order chi connectivity index (χ0) is 15.1. The highest BCUT2D eigenvalue weighted by Crippen LogP contribution is 2.13. The minimum Gasteiger partial charge on any atom is -0.393 e. The van der Waals surface area contributed by atoms with Crippen molar-refractivity contribution >= 4 is 23.1 Å². The Bertz CT molecular complexity index is 445. The van der Waals surface area contributed by atoms with Crippen molar-refractivity contribution in [2.75, 3.05) is 13.6 Å². The molecule has 0 radical (unpaired) electrons. The van der Waals surface area contributed by atoms with Gasteiger partial charge in [0.15, 0.2) is 0 Å². The maximum Gasteiger partial charge on any atom is 0.232 e. The van der Waals surface area contributed by atoms with Crippen molar-refractivity contribution < 1.29 is 4.79 Å². The standard InChI is InChI=1S/C16H24N2OS/c1-12(2)9-10-18(3)16(19)14(15(17)20)11-13-7-5-4-6-8-13/h4-8,12,14H,9-11H2,1-3H3,(H2,17,20). The van der Waals surface area contributed by atoms with Crippen LogP contribution in [0.2, 0.25) is 0 Å². The zero-order valence-electron chi connectivity index (χ0n) is 12.5. The first-order valence-electron chi connectivity index (χ1n) is 7.00. The number of benzene rings is 1. The number of rotatable bonds is 7. The van der Waals surface area contributed by atoms with Gasteiger partial charge in [0, 0.05) is 13.6 Å². The molecule has 1 unspecified atom stereocenters. The van der Waals surface area contributed by atoms with Crippen LogP contribution in [0.4, 0.5) is 0 Å². The second-order valence-electron chi connectivity index (χ2n) is 5.59. The Morgan fingerprint density at radius 1 is 1.30 bits per heavy atom. The highest BCUT2D eigenvalue weighted by Gasteiger charge is 2.24. The molecule has 110 valence electrons. The van der Waals surface area contributed by atoms with Crippen LogP contribution < -0.4 is 5.73 Å². The molecule has 0 saturated carbocycles. The van der Waals surface area contributed by atoms with E-state index in [0.29, 0.717) is 12.3 Å². The van der Waals surface area contributed by atoms with Crippen molar-refractivity contribution in [1.82, 2.24) is 4.90 Å². The summed E-state index contributed by atoms with van der Waals surface area (Å²) in [5.74, 6) is 0.175. The zero-order valence-corrected chi connectivity index (χ0v) is 13.3. The molecule has 4 heteroatoms. The molecule has 0 aliphatic rings. The molecule has 20 heavy (non-hydrogen) atoms. The van der Waals surface area contributed by atoms with Gasteiger partial charge in [0.1, 0.15) is 0 Å². The molecule has 1 aromatic carbocycles. The van der Waals surface area contributed by atoms with Crippen molar-refractivity contribution in [2.45, 2.75) is 26.7 Å². The summed E-state index contributed by atoms with van der Waals surface area (Å²) in [6.07, 6.45) is 1.55. The Labute approximate surface area is 127 Å². The summed E-state index contributed by atoms with van der Waals surface area (Å²) in [4.78, 5) is 14.5. The molecule has 2 N–H and O–H groups in total. The summed E-state index contributed by atoms with van der Waals surface area (Å²) in [6.45, 7) is 5.03. The minimum atomic E-state index is -0.412. The second kappa shape index (κ2) is 8.00. The number of carbonyl (C=O) groups is 1.